The molecule has 1 aliphatic carbocycles. The highest BCUT2D eigenvalue weighted by atomic mass is 35.5. The predicted molar refractivity (Wildman–Crippen MR) is 109 cm³/mol. The summed E-state index contributed by atoms with van der Waals surface area (Å²) in [5.74, 6) is 0.0316. The van der Waals surface area contributed by atoms with Crippen LogP contribution in [0.3, 0.4) is 0 Å². The lowest BCUT2D eigenvalue weighted by molar-refractivity contribution is -0.122. The average Bonchev–Trinajstić information content (AvgIpc) is 3.27. The molecule has 0 radical (unpaired) electrons. The summed E-state index contributed by atoms with van der Waals surface area (Å²) in [7, 11) is 0. The highest BCUT2D eigenvalue weighted by molar-refractivity contribution is 7.22. The summed E-state index contributed by atoms with van der Waals surface area (Å²) in [6, 6.07) is 4.61. The van der Waals surface area contributed by atoms with Gasteiger partial charge in [0, 0.05) is 19.0 Å². The monoisotopic (exact) mass is 399 g/mol. The topological polar surface area (TPSA) is 36.4 Å². The maximum atomic E-state index is 13.5. The highest BCUT2D eigenvalue weighted by Gasteiger charge is 2.29. The second kappa shape index (κ2) is 9.62. The fraction of sp³-hybridized carbons (Fsp3) is 0.579. The third kappa shape index (κ3) is 4.72. The van der Waals surface area contributed by atoms with Gasteiger partial charge in [0.15, 0.2) is 5.13 Å². The summed E-state index contributed by atoms with van der Waals surface area (Å²) in [6.45, 7) is 7.66. The van der Waals surface area contributed by atoms with Gasteiger partial charge in [-0.2, -0.15) is 0 Å². The fourth-order valence-electron chi connectivity index (χ4n) is 3.48. The molecule has 26 heavy (non-hydrogen) atoms. The molecule has 1 aliphatic rings. The molecule has 0 unspecified atom stereocenters. The zero-order valence-corrected chi connectivity index (χ0v) is 17.0. The van der Waals surface area contributed by atoms with Gasteiger partial charge in [-0.1, -0.05) is 38.0 Å². The molecule has 7 heteroatoms. The number of amides is 1. The predicted octanol–water partition coefficient (Wildman–Crippen LogP) is 4.72. The van der Waals surface area contributed by atoms with Crippen molar-refractivity contribution in [1.82, 2.24) is 9.88 Å². The summed E-state index contributed by atoms with van der Waals surface area (Å²) in [4.78, 5) is 21.8. The van der Waals surface area contributed by atoms with Gasteiger partial charge in [0.05, 0.1) is 10.2 Å². The van der Waals surface area contributed by atoms with Crippen LogP contribution in [0.5, 0.6) is 0 Å². The number of likely N-dealkylation sites (N-methyl/N-ethyl adjacent to an activating group) is 1. The van der Waals surface area contributed by atoms with Gasteiger partial charge in [-0.3, -0.25) is 9.69 Å². The van der Waals surface area contributed by atoms with E-state index in [0.717, 1.165) is 55.5 Å². The van der Waals surface area contributed by atoms with Crippen LogP contribution >= 0.6 is 23.7 Å². The maximum Gasteiger partial charge on any atom is 0.231 e. The number of aromatic nitrogens is 1. The Labute approximate surface area is 164 Å². The first-order valence-electron chi connectivity index (χ1n) is 9.22. The molecule has 144 valence electrons. The number of benzene rings is 1. The lowest BCUT2D eigenvalue weighted by Gasteiger charge is -2.26. The van der Waals surface area contributed by atoms with Crippen LogP contribution in [0.15, 0.2) is 18.2 Å². The highest BCUT2D eigenvalue weighted by Crippen LogP contribution is 2.33. The van der Waals surface area contributed by atoms with E-state index in [1.165, 1.54) is 23.5 Å². The van der Waals surface area contributed by atoms with Crippen molar-refractivity contribution in [1.29, 1.82) is 0 Å². The van der Waals surface area contributed by atoms with Gasteiger partial charge in [0.2, 0.25) is 5.91 Å². The van der Waals surface area contributed by atoms with Gasteiger partial charge in [-0.05, 0) is 44.1 Å². The Morgan fingerprint density at radius 3 is 2.58 bits per heavy atom. The largest absolute Gasteiger partial charge is 0.302 e. The third-order valence-corrected chi connectivity index (χ3v) is 6.12. The van der Waals surface area contributed by atoms with E-state index in [2.05, 4.69) is 23.7 Å². The molecule has 0 atom stereocenters. The second-order valence-corrected chi connectivity index (χ2v) is 7.62. The van der Waals surface area contributed by atoms with Crippen molar-refractivity contribution in [2.45, 2.75) is 39.5 Å². The van der Waals surface area contributed by atoms with Crippen molar-refractivity contribution < 1.29 is 9.18 Å². The number of thiazole rings is 1. The molecule has 1 fully saturated rings. The van der Waals surface area contributed by atoms with Gasteiger partial charge >= 0.3 is 0 Å². The van der Waals surface area contributed by atoms with E-state index in [-0.39, 0.29) is 30.0 Å². The Bertz CT molecular complexity index is 729. The molecular weight excluding hydrogens is 373 g/mol. The molecule has 1 aromatic heterocycles. The Hall–Kier alpha value is -1.24. The first kappa shape index (κ1) is 21.1. The lowest BCUT2D eigenvalue weighted by atomic mass is 10.1. The van der Waals surface area contributed by atoms with E-state index in [1.807, 2.05) is 4.90 Å². The van der Waals surface area contributed by atoms with Crippen LogP contribution < -0.4 is 4.90 Å². The van der Waals surface area contributed by atoms with E-state index in [4.69, 9.17) is 0 Å². The van der Waals surface area contributed by atoms with Crippen LogP contribution in [0.1, 0.15) is 39.5 Å². The van der Waals surface area contributed by atoms with Crippen molar-refractivity contribution in [3.8, 4) is 0 Å². The molecule has 0 N–H and O–H groups in total. The van der Waals surface area contributed by atoms with Crippen molar-refractivity contribution in [2.75, 3.05) is 31.1 Å². The quantitative estimate of drug-likeness (QED) is 0.675. The standard InChI is InChI=1S/C19H26FN3OS.ClH/c1-3-22(4-2)11-12-23(18(24)14-7-5-6-8-14)19-21-16-10-9-15(20)13-17(16)25-19;/h9-10,13-14H,3-8,11-12H2,1-2H3;1H. The molecule has 1 amide bonds. The number of halogens is 2. The minimum atomic E-state index is -0.264. The van der Waals surface area contributed by atoms with Crippen LogP contribution in [0.25, 0.3) is 10.2 Å². The first-order valence-corrected chi connectivity index (χ1v) is 10.0. The van der Waals surface area contributed by atoms with E-state index in [0.29, 0.717) is 11.7 Å². The molecule has 4 nitrogen and oxygen atoms in total. The van der Waals surface area contributed by atoms with E-state index in [9.17, 15) is 9.18 Å². The number of hydrogen-bond acceptors (Lipinski definition) is 4. The van der Waals surface area contributed by atoms with Crippen LogP contribution in [-0.2, 0) is 4.79 Å². The number of nitrogens with zero attached hydrogens (tertiary/aromatic N) is 3. The van der Waals surface area contributed by atoms with E-state index < -0.39 is 0 Å². The molecule has 0 aliphatic heterocycles. The number of fused-ring (bicyclic) bond motifs is 1. The van der Waals surface area contributed by atoms with Crippen molar-refractivity contribution >= 4 is 45.0 Å². The molecule has 2 aromatic rings. The second-order valence-electron chi connectivity index (χ2n) is 6.61. The zero-order valence-electron chi connectivity index (χ0n) is 15.4. The molecule has 1 saturated carbocycles. The number of rotatable bonds is 7. The number of anilines is 1. The van der Waals surface area contributed by atoms with Gasteiger partial charge in [-0.15, -0.1) is 12.4 Å². The summed E-state index contributed by atoms with van der Waals surface area (Å²) in [6.07, 6.45) is 4.21. The van der Waals surface area contributed by atoms with Gasteiger partial charge < -0.3 is 4.90 Å². The number of carbonyl (C=O) groups is 1. The van der Waals surface area contributed by atoms with Crippen molar-refractivity contribution in [2.24, 2.45) is 5.92 Å². The van der Waals surface area contributed by atoms with E-state index in [1.54, 1.807) is 6.07 Å². The smallest absolute Gasteiger partial charge is 0.231 e. The number of hydrogen-bond donors (Lipinski definition) is 0. The minimum absolute atomic E-state index is 0. The Balaban J connectivity index is 0.00000243. The van der Waals surface area contributed by atoms with Crippen molar-refractivity contribution in [3.05, 3.63) is 24.0 Å². The van der Waals surface area contributed by atoms with Gasteiger partial charge in [-0.25, -0.2) is 9.37 Å². The maximum absolute atomic E-state index is 13.5. The van der Waals surface area contributed by atoms with Gasteiger partial charge in [0.1, 0.15) is 5.82 Å². The SMILES string of the molecule is CCN(CC)CCN(C(=O)C1CCCC1)c1nc2ccc(F)cc2s1.Cl. The zero-order chi connectivity index (χ0) is 17.8. The molecule has 1 heterocycles. The van der Waals surface area contributed by atoms with E-state index >= 15 is 0 Å². The van der Waals surface area contributed by atoms with Crippen LogP contribution in [0.2, 0.25) is 0 Å². The average molecular weight is 400 g/mol. The first-order chi connectivity index (χ1) is 12.1. The van der Waals surface area contributed by atoms with Crippen LogP contribution in [0, 0.1) is 11.7 Å². The number of carbonyl (C=O) groups excluding carboxylic acids is 1. The molecule has 1 aromatic carbocycles. The van der Waals surface area contributed by atoms with Crippen LogP contribution in [0.4, 0.5) is 9.52 Å². The molecular formula is C19H27ClFN3OS. The molecule has 0 spiro atoms. The summed E-state index contributed by atoms with van der Waals surface area (Å²) in [5.41, 5.74) is 0.758. The third-order valence-electron chi connectivity index (χ3n) is 5.07. The summed E-state index contributed by atoms with van der Waals surface area (Å²) < 4.78 is 14.3. The lowest BCUT2D eigenvalue weighted by Crippen LogP contribution is -2.41. The van der Waals surface area contributed by atoms with Gasteiger partial charge in [0.25, 0.3) is 0 Å². The Kier molecular flexibility index (Phi) is 7.80. The van der Waals surface area contributed by atoms with Crippen molar-refractivity contribution in [3.63, 3.8) is 0 Å². The minimum Gasteiger partial charge on any atom is -0.302 e. The molecule has 3 rings (SSSR count). The Morgan fingerprint density at radius 1 is 1.23 bits per heavy atom. The summed E-state index contributed by atoms with van der Waals surface area (Å²) in [5, 5.41) is 0.699. The molecule has 0 saturated heterocycles. The summed E-state index contributed by atoms with van der Waals surface area (Å²) >= 11 is 1.41. The Morgan fingerprint density at radius 2 is 1.92 bits per heavy atom. The fourth-order valence-corrected chi connectivity index (χ4v) is 4.50. The normalized spacial score (nSPS) is 14.8. The van der Waals surface area contributed by atoms with Crippen LogP contribution in [-0.4, -0.2) is 42.0 Å². The molecule has 0 bridgehead atoms.